The van der Waals surface area contributed by atoms with Crippen LogP contribution in [0.25, 0.3) is 5.69 Å². The van der Waals surface area contributed by atoms with E-state index in [-0.39, 0.29) is 22.5 Å². The van der Waals surface area contributed by atoms with Gasteiger partial charge in [-0.15, -0.1) is 0 Å². The number of carboxylic acids is 1. The molecule has 9 heteroatoms. The molecule has 0 fully saturated rings. The monoisotopic (exact) mass is 391 g/mol. The minimum Gasteiger partial charge on any atom is -0.478 e. The van der Waals surface area contributed by atoms with Gasteiger partial charge in [-0.25, -0.2) is 4.79 Å². The fourth-order valence-corrected chi connectivity index (χ4v) is 3.39. The maximum absolute atomic E-state index is 12.4. The Labute approximate surface area is 143 Å². The van der Waals surface area contributed by atoms with E-state index in [1.165, 1.54) is 12.1 Å². The zero-order valence-electron chi connectivity index (χ0n) is 12.2. The van der Waals surface area contributed by atoms with Gasteiger partial charge >= 0.3 is 5.97 Å². The van der Waals surface area contributed by atoms with Gasteiger partial charge < -0.3 is 10.8 Å². The number of hydrogen-bond acceptors (Lipinski definition) is 5. The summed E-state index contributed by atoms with van der Waals surface area (Å²) in [6.07, 6.45) is 0. The van der Waals surface area contributed by atoms with Gasteiger partial charge in [-0.3, -0.25) is 24.3 Å². The number of halogens is 1. The van der Waals surface area contributed by atoms with Crippen LogP contribution >= 0.6 is 15.9 Å². The van der Waals surface area contributed by atoms with E-state index in [1.807, 2.05) is 0 Å². The largest absolute Gasteiger partial charge is 0.478 e. The normalized spacial score (nSPS) is 12.9. The van der Waals surface area contributed by atoms with Crippen LogP contribution in [-0.4, -0.2) is 27.5 Å². The van der Waals surface area contributed by atoms with Gasteiger partial charge in [0.15, 0.2) is 0 Å². The van der Waals surface area contributed by atoms with Gasteiger partial charge in [0.1, 0.15) is 5.82 Å². The Balaban J connectivity index is 2.36. The number of nitrogens with two attached hydrogens (primary N) is 1. The van der Waals surface area contributed by atoms with Gasteiger partial charge in [0.05, 0.1) is 22.4 Å². The van der Waals surface area contributed by atoms with E-state index < -0.39 is 23.3 Å². The number of aromatic carboxylic acids is 1. The van der Waals surface area contributed by atoms with Gasteiger partial charge in [0.2, 0.25) is 0 Å². The maximum Gasteiger partial charge on any atom is 0.335 e. The third-order valence-corrected chi connectivity index (χ3v) is 4.28. The fourth-order valence-electron chi connectivity index (χ4n) is 2.65. The Morgan fingerprint density at radius 1 is 1.21 bits per heavy atom. The number of amides is 2. The molecule has 3 rings (SSSR count). The van der Waals surface area contributed by atoms with Crippen LogP contribution in [0, 0.1) is 6.92 Å². The summed E-state index contributed by atoms with van der Waals surface area (Å²) < 4.78 is 1.39. The molecule has 0 atom stereocenters. The number of carboxylic acid groups (broad SMARTS) is 1. The van der Waals surface area contributed by atoms with Gasteiger partial charge in [-0.2, -0.15) is 0 Å². The predicted molar refractivity (Wildman–Crippen MR) is 87.6 cm³/mol. The third-order valence-electron chi connectivity index (χ3n) is 3.68. The van der Waals surface area contributed by atoms with Gasteiger partial charge in [0.25, 0.3) is 17.4 Å². The first-order valence-corrected chi connectivity index (χ1v) is 7.46. The van der Waals surface area contributed by atoms with E-state index in [9.17, 15) is 19.2 Å². The van der Waals surface area contributed by atoms with Crippen LogP contribution < -0.4 is 16.6 Å². The third kappa shape index (κ3) is 2.21. The number of benzene rings is 1. The summed E-state index contributed by atoms with van der Waals surface area (Å²) in [5.41, 5.74) is 6.00. The summed E-state index contributed by atoms with van der Waals surface area (Å²) >= 11 is 3.23. The molecule has 0 saturated heterocycles. The summed E-state index contributed by atoms with van der Waals surface area (Å²) in [5.74, 6) is -2.67. The number of nitrogens with one attached hydrogen (secondary N) is 1. The Kier molecular flexibility index (Phi) is 3.52. The highest BCUT2D eigenvalue weighted by molar-refractivity contribution is 9.10. The average molecular weight is 392 g/mol. The lowest BCUT2D eigenvalue weighted by Crippen LogP contribution is -2.25. The summed E-state index contributed by atoms with van der Waals surface area (Å²) in [6, 6.07) is 3.74. The number of imide groups is 1. The van der Waals surface area contributed by atoms with Crippen molar-refractivity contribution in [2.45, 2.75) is 6.92 Å². The van der Waals surface area contributed by atoms with Crippen molar-refractivity contribution >= 4 is 39.5 Å². The van der Waals surface area contributed by atoms with Crippen molar-refractivity contribution in [1.82, 2.24) is 9.88 Å². The molecule has 2 aromatic rings. The second-order valence-electron chi connectivity index (χ2n) is 5.20. The number of rotatable bonds is 2. The number of carbonyl (C=O) groups is 3. The lowest BCUT2D eigenvalue weighted by molar-refractivity contribution is 0.0695. The van der Waals surface area contributed by atoms with Crippen molar-refractivity contribution in [1.29, 1.82) is 0 Å². The van der Waals surface area contributed by atoms with Crippen LogP contribution in [0.3, 0.4) is 0 Å². The highest BCUT2D eigenvalue weighted by Gasteiger charge is 2.32. The minimum absolute atomic E-state index is 0.0313. The van der Waals surface area contributed by atoms with Crippen molar-refractivity contribution < 1.29 is 19.5 Å². The number of aromatic nitrogens is 1. The minimum atomic E-state index is -1.12. The highest BCUT2D eigenvalue weighted by atomic mass is 79.9. The summed E-state index contributed by atoms with van der Waals surface area (Å²) in [5, 5.41) is 11.2. The summed E-state index contributed by atoms with van der Waals surface area (Å²) in [4.78, 5) is 47.1. The van der Waals surface area contributed by atoms with Crippen molar-refractivity contribution in [3.63, 3.8) is 0 Å². The van der Waals surface area contributed by atoms with Gasteiger partial charge in [0, 0.05) is 10.5 Å². The maximum atomic E-state index is 12.4. The van der Waals surface area contributed by atoms with E-state index in [2.05, 4.69) is 21.2 Å². The molecule has 0 aliphatic carbocycles. The van der Waals surface area contributed by atoms with E-state index in [4.69, 9.17) is 10.8 Å². The fraction of sp³-hybridized carbons (Fsp3) is 0.0667. The lowest BCUT2D eigenvalue weighted by atomic mass is 10.1. The zero-order chi connectivity index (χ0) is 17.8. The first-order valence-electron chi connectivity index (χ1n) is 6.67. The molecule has 24 heavy (non-hydrogen) atoms. The van der Waals surface area contributed by atoms with E-state index >= 15 is 0 Å². The van der Waals surface area contributed by atoms with E-state index in [0.717, 1.165) is 10.6 Å². The van der Waals surface area contributed by atoms with Crippen LogP contribution in [-0.2, 0) is 0 Å². The Morgan fingerprint density at radius 2 is 1.88 bits per heavy atom. The molecule has 1 aliphatic rings. The average Bonchev–Trinajstić information content (AvgIpc) is 2.75. The molecular formula is C15H10BrN3O5. The Hall–Kier alpha value is -2.94. The van der Waals surface area contributed by atoms with Crippen molar-refractivity contribution in [2.75, 3.05) is 5.73 Å². The standard InChI is InChI=1S/C15H10BrN3O5/c1-5-2-6(15(23)24)3-8(16)11(5)19-9(20)4-7-10(12(19)17)14(22)18-13(7)21/h2-4H,17H2,1H3,(H,23,24)(H,18,21,22). The SMILES string of the molecule is Cc1cc(C(=O)O)cc(Br)c1-n1c(N)c2c(cc1=O)C(=O)NC2=O. The zero-order valence-corrected chi connectivity index (χ0v) is 13.8. The van der Waals surface area contributed by atoms with Crippen LogP contribution in [0.15, 0.2) is 27.5 Å². The molecule has 8 nitrogen and oxygen atoms in total. The molecule has 0 spiro atoms. The van der Waals surface area contributed by atoms with Crippen LogP contribution in [0.4, 0.5) is 5.82 Å². The molecule has 0 radical (unpaired) electrons. The highest BCUT2D eigenvalue weighted by Crippen LogP contribution is 2.30. The topological polar surface area (TPSA) is 131 Å². The van der Waals surface area contributed by atoms with Crippen LogP contribution in [0.1, 0.15) is 36.6 Å². The number of nitrogens with zero attached hydrogens (tertiary/aromatic N) is 1. The number of nitrogen functional groups attached to an aromatic ring is 1. The van der Waals surface area contributed by atoms with Crippen LogP contribution in [0.2, 0.25) is 0 Å². The lowest BCUT2D eigenvalue weighted by Gasteiger charge is -2.16. The van der Waals surface area contributed by atoms with Crippen molar-refractivity contribution in [3.8, 4) is 5.69 Å². The summed E-state index contributed by atoms with van der Waals surface area (Å²) in [6.45, 7) is 1.61. The van der Waals surface area contributed by atoms with Crippen LogP contribution in [0.5, 0.6) is 0 Å². The predicted octanol–water partition coefficient (Wildman–Crippen LogP) is 1.07. The van der Waals surface area contributed by atoms with Crippen molar-refractivity contribution in [3.05, 3.63) is 55.3 Å². The molecule has 1 aliphatic heterocycles. The van der Waals surface area contributed by atoms with Crippen molar-refractivity contribution in [2.24, 2.45) is 0 Å². The molecule has 2 amide bonds. The molecule has 4 N–H and O–H groups in total. The number of fused-ring (bicyclic) bond motifs is 1. The van der Waals surface area contributed by atoms with E-state index in [1.54, 1.807) is 6.92 Å². The second kappa shape index (κ2) is 5.31. The number of pyridine rings is 1. The van der Waals surface area contributed by atoms with Gasteiger partial charge in [-0.1, -0.05) is 0 Å². The van der Waals surface area contributed by atoms with Gasteiger partial charge in [-0.05, 0) is 40.5 Å². The first kappa shape index (κ1) is 15.9. The number of carbonyl (C=O) groups excluding carboxylic acids is 2. The number of aryl methyl sites for hydroxylation is 1. The number of anilines is 1. The smallest absolute Gasteiger partial charge is 0.335 e. The quantitative estimate of drug-likeness (QED) is 0.656. The first-order chi connectivity index (χ1) is 11.2. The van der Waals surface area contributed by atoms with E-state index in [0.29, 0.717) is 15.7 Å². The molecule has 2 heterocycles. The second-order valence-corrected chi connectivity index (χ2v) is 6.06. The number of hydrogen-bond donors (Lipinski definition) is 3. The molecule has 0 bridgehead atoms. The molecular weight excluding hydrogens is 382 g/mol. The Morgan fingerprint density at radius 3 is 2.46 bits per heavy atom. The molecule has 1 aromatic carbocycles. The summed E-state index contributed by atoms with van der Waals surface area (Å²) in [7, 11) is 0. The molecule has 122 valence electrons. The Bertz CT molecular complexity index is 986. The molecule has 1 aromatic heterocycles. The molecule has 0 unspecified atom stereocenters. The molecule has 0 saturated carbocycles.